The van der Waals surface area contributed by atoms with E-state index in [9.17, 15) is 28.8 Å². The summed E-state index contributed by atoms with van der Waals surface area (Å²) in [6.07, 6.45) is -1.41. The highest BCUT2D eigenvalue weighted by Gasteiger charge is 2.36. The lowest BCUT2D eigenvalue weighted by Gasteiger charge is -2.25. The number of Topliss-reactive ketones (excluding diaryl/α,β-unsaturated/α-hetero) is 2. The number of carbonyl (C=O) groups is 6. The van der Waals surface area contributed by atoms with Crippen LogP contribution in [0.25, 0.3) is 0 Å². The summed E-state index contributed by atoms with van der Waals surface area (Å²) in [6, 6.07) is 19.1. The highest BCUT2D eigenvalue weighted by molar-refractivity contribution is 6.44. The smallest absolute Gasteiger partial charge is 0.294 e. The zero-order valence-electron chi connectivity index (χ0n) is 24.2. The second kappa shape index (κ2) is 14.0. The van der Waals surface area contributed by atoms with Crippen LogP contribution in [0.4, 0.5) is 5.69 Å². The van der Waals surface area contributed by atoms with Crippen molar-refractivity contribution in [1.82, 2.24) is 10.6 Å². The number of methoxy groups -OCH3 is 2. The van der Waals surface area contributed by atoms with Crippen LogP contribution < -0.4 is 25.0 Å². The number of amides is 3. The molecule has 2 atom stereocenters. The minimum Gasteiger partial charge on any atom is -0.496 e. The zero-order valence-corrected chi connectivity index (χ0v) is 24.2. The average molecular weight is 599 g/mol. The number of para-hydroxylation sites is 1. The molecule has 0 saturated heterocycles. The average Bonchev–Trinajstić information content (AvgIpc) is 3.14. The lowest BCUT2D eigenvalue weighted by Crippen LogP contribution is -2.52. The van der Waals surface area contributed by atoms with Crippen LogP contribution in [0.2, 0.25) is 0 Å². The molecule has 0 saturated carbocycles. The van der Waals surface area contributed by atoms with Gasteiger partial charge in [0.15, 0.2) is 0 Å². The van der Waals surface area contributed by atoms with Crippen LogP contribution in [0.1, 0.15) is 34.8 Å². The Morgan fingerprint density at radius 1 is 0.932 bits per heavy atom. The molecule has 3 aromatic rings. The quantitative estimate of drug-likeness (QED) is 0.182. The summed E-state index contributed by atoms with van der Waals surface area (Å²) in [7, 11) is 2.67. The first kappa shape index (κ1) is 31.3. The third-order valence-corrected chi connectivity index (χ3v) is 6.70. The molecule has 0 aliphatic carbocycles. The van der Waals surface area contributed by atoms with Crippen molar-refractivity contribution in [2.24, 2.45) is 4.99 Å². The molecule has 1 aliphatic heterocycles. The highest BCUT2D eigenvalue weighted by atomic mass is 16.5. The second-order valence-corrected chi connectivity index (χ2v) is 9.74. The van der Waals surface area contributed by atoms with Crippen LogP contribution in [-0.2, 0) is 24.0 Å². The molecule has 226 valence electrons. The molecule has 3 aromatic carbocycles. The number of hydrogen-bond donors (Lipinski definition) is 2. The van der Waals surface area contributed by atoms with Gasteiger partial charge in [-0.25, -0.2) is 4.99 Å². The third kappa shape index (κ3) is 6.86. The van der Waals surface area contributed by atoms with Crippen LogP contribution in [-0.4, -0.2) is 74.3 Å². The largest absolute Gasteiger partial charge is 0.496 e. The fourth-order valence-electron chi connectivity index (χ4n) is 4.73. The maximum absolute atomic E-state index is 14.0. The van der Waals surface area contributed by atoms with Crippen LogP contribution in [0.15, 0.2) is 77.8 Å². The zero-order chi connectivity index (χ0) is 31.8. The van der Waals surface area contributed by atoms with Gasteiger partial charge in [0, 0.05) is 17.5 Å². The number of nitrogens with one attached hydrogen (secondary N) is 2. The Kier molecular flexibility index (Phi) is 9.96. The number of hydrogen-bond acceptors (Lipinski definition) is 9. The summed E-state index contributed by atoms with van der Waals surface area (Å²) in [5, 5.41) is 4.87. The minimum absolute atomic E-state index is 0.0890. The van der Waals surface area contributed by atoms with E-state index in [1.165, 1.54) is 33.3 Å². The summed E-state index contributed by atoms with van der Waals surface area (Å²) in [5.41, 5.74) is 1.57. The molecule has 0 spiro atoms. The normalized spacial score (nSPS) is 14.7. The number of ether oxygens (including phenoxy) is 2. The van der Waals surface area contributed by atoms with Gasteiger partial charge in [-0.2, -0.15) is 0 Å². The summed E-state index contributed by atoms with van der Waals surface area (Å²) < 4.78 is 10.5. The molecule has 12 nitrogen and oxygen atoms in total. The van der Waals surface area contributed by atoms with Crippen molar-refractivity contribution >= 4 is 47.0 Å². The van der Waals surface area contributed by atoms with E-state index >= 15 is 0 Å². The van der Waals surface area contributed by atoms with E-state index in [1.807, 2.05) is 0 Å². The number of aldehydes is 1. The predicted molar refractivity (Wildman–Crippen MR) is 160 cm³/mol. The number of nitrogens with zero attached hydrogens (tertiary/aromatic N) is 2. The van der Waals surface area contributed by atoms with E-state index in [0.717, 1.165) is 4.90 Å². The monoisotopic (exact) mass is 598 g/mol. The molecule has 0 bridgehead atoms. The van der Waals surface area contributed by atoms with Gasteiger partial charge in [0.05, 0.1) is 31.7 Å². The Hall–Kier alpha value is -5.65. The third-order valence-electron chi connectivity index (χ3n) is 6.70. The van der Waals surface area contributed by atoms with Crippen molar-refractivity contribution < 1.29 is 38.2 Å². The maximum Gasteiger partial charge on any atom is 0.294 e. The number of rotatable bonds is 12. The van der Waals surface area contributed by atoms with Crippen LogP contribution in [0, 0.1) is 0 Å². The predicted octanol–water partition coefficient (Wildman–Crippen LogP) is 1.88. The number of ketones is 2. The first-order valence-electron chi connectivity index (χ1n) is 13.5. The Bertz CT molecular complexity index is 1610. The molecule has 0 fully saturated rings. The Labute approximate surface area is 253 Å². The van der Waals surface area contributed by atoms with E-state index in [-0.39, 0.29) is 29.3 Å². The number of carbonyl (C=O) groups excluding carboxylic acids is 6. The fraction of sp³-hybridized carbons (Fsp3) is 0.219. The van der Waals surface area contributed by atoms with Gasteiger partial charge in [0.1, 0.15) is 35.7 Å². The van der Waals surface area contributed by atoms with E-state index in [2.05, 4.69) is 15.6 Å². The lowest BCUT2D eigenvalue weighted by atomic mass is 10.0. The first-order valence-corrected chi connectivity index (χ1v) is 13.5. The van der Waals surface area contributed by atoms with Gasteiger partial charge in [-0.15, -0.1) is 0 Å². The van der Waals surface area contributed by atoms with Crippen molar-refractivity contribution in [2.75, 3.05) is 25.7 Å². The number of benzene rings is 3. The number of anilines is 1. The Balaban J connectivity index is 1.75. The molecular weight excluding hydrogens is 568 g/mol. The lowest BCUT2D eigenvalue weighted by molar-refractivity contribution is -0.127. The SMILES string of the molecule is COc1cccc(OC)c1C(=O)C(=O)NC1N=C(c2ccccc2)c2ccccc2N(CC(=O)N[C@H](C=O)CC(C)=O)C1=O. The van der Waals surface area contributed by atoms with Crippen molar-refractivity contribution in [3.05, 3.63) is 89.5 Å². The van der Waals surface area contributed by atoms with E-state index in [0.29, 0.717) is 28.8 Å². The van der Waals surface area contributed by atoms with E-state index in [1.54, 1.807) is 60.7 Å². The maximum atomic E-state index is 14.0. The van der Waals surface area contributed by atoms with Gasteiger partial charge in [-0.3, -0.25) is 28.9 Å². The minimum atomic E-state index is -1.64. The molecule has 1 heterocycles. The molecule has 12 heteroatoms. The first-order chi connectivity index (χ1) is 21.2. The number of aliphatic imine (C=N–C) groups is 1. The van der Waals surface area contributed by atoms with Gasteiger partial charge >= 0.3 is 0 Å². The number of fused-ring (bicyclic) bond motifs is 1. The van der Waals surface area contributed by atoms with Gasteiger partial charge in [-0.05, 0) is 25.1 Å². The summed E-state index contributed by atoms with van der Waals surface area (Å²) in [6.45, 7) is 0.713. The molecule has 3 amide bonds. The van der Waals surface area contributed by atoms with Crippen molar-refractivity contribution in [3.63, 3.8) is 0 Å². The Morgan fingerprint density at radius 2 is 1.57 bits per heavy atom. The summed E-state index contributed by atoms with van der Waals surface area (Å²) in [4.78, 5) is 82.5. The van der Waals surface area contributed by atoms with Gasteiger partial charge in [0.2, 0.25) is 12.1 Å². The molecule has 2 N–H and O–H groups in total. The second-order valence-electron chi connectivity index (χ2n) is 9.74. The molecular formula is C32H30N4O8. The standard InChI is InChI=1S/C32H30N4O8/c1-19(38)16-21(18-37)33-26(39)17-36-23-13-8-7-12-22(23)28(20-10-5-4-6-11-20)34-30(32(36)42)35-31(41)29(40)27-24(43-2)14-9-15-25(27)44-3/h4-15,18,21,30H,16-17H2,1-3H3,(H,33,39)(H,35,41)/t21-,30?/m0/s1. The fourth-order valence-corrected chi connectivity index (χ4v) is 4.73. The van der Waals surface area contributed by atoms with Gasteiger partial charge in [-0.1, -0.05) is 54.6 Å². The van der Waals surface area contributed by atoms with Crippen LogP contribution in [0.3, 0.4) is 0 Å². The molecule has 44 heavy (non-hydrogen) atoms. The van der Waals surface area contributed by atoms with Gasteiger partial charge < -0.3 is 24.9 Å². The topological polar surface area (TPSA) is 161 Å². The molecule has 1 unspecified atom stereocenters. The van der Waals surface area contributed by atoms with Crippen molar-refractivity contribution in [2.45, 2.75) is 25.6 Å². The van der Waals surface area contributed by atoms with Crippen molar-refractivity contribution in [1.29, 1.82) is 0 Å². The van der Waals surface area contributed by atoms with E-state index in [4.69, 9.17) is 9.47 Å². The van der Waals surface area contributed by atoms with E-state index < -0.39 is 42.3 Å². The van der Waals surface area contributed by atoms with Gasteiger partial charge in [0.25, 0.3) is 17.6 Å². The summed E-state index contributed by atoms with van der Waals surface area (Å²) >= 11 is 0. The molecule has 4 rings (SSSR count). The number of benzodiazepines with no additional fused rings is 1. The van der Waals surface area contributed by atoms with Crippen LogP contribution in [0.5, 0.6) is 11.5 Å². The van der Waals surface area contributed by atoms with Crippen molar-refractivity contribution in [3.8, 4) is 11.5 Å². The highest BCUT2D eigenvalue weighted by Crippen LogP contribution is 2.30. The molecule has 0 aromatic heterocycles. The Morgan fingerprint density at radius 3 is 2.18 bits per heavy atom. The molecule has 1 aliphatic rings. The molecule has 0 radical (unpaired) electrons. The van der Waals surface area contributed by atoms with Crippen LogP contribution >= 0.6 is 0 Å². The summed E-state index contributed by atoms with van der Waals surface area (Å²) in [5.74, 6) is -3.88.